The molecule has 0 saturated carbocycles. The van der Waals surface area contributed by atoms with Gasteiger partial charge in [0.05, 0.1) is 6.42 Å². The fourth-order valence-electron chi connectivity index (χ4n) is 3.16. The molecule has 1 aromatic rings. The van der Waals surface area contributed by atoms with Gasteiger partial charge in [-0.05, 0) is 31.4 Å². The number of likely N-dealkylation sites (tertiary alicyclic amines) is 1. The molecule has 19 heavy (non-hydrogen) atoms. The van der Waals surface area contributed by atoms with Crippen LogP contribution in [0.1, 0.15) is 50.6 Å². The third kappa shape index (κ3) is 3.57. The second-order valence-electron chi connectivity index (χ2n) is 5.35. The number of carboxylic acid groups (broad SMARTS) is 1. The van der Waals surface area contributed by atoms with E-state index in [4.69, 9.17) is 5.11 Å². The van der Waals surface area contributed by atoms with Crippen LogP contribution in [-0.2, 0) is 4.79 Å². The fourth-order valence-corrected chi connectivity index (χ4v) is 3.16. The van der Waals surface area contributed by atoms with Crippen molar-refractivity contribution in [3.8, 4) is 0 Å². The largest absolute Gasteiger partial charge is 0.481 e. The van der Waals surface area contributed by atoms with E-state index in [1.807, 2.05) is 6.07 Å². The van der Waals surface area contributed by atoms with Crippen molar-refractivity contribution in [2.45, 2.75) is 51.1 Å². The number of carbonyl (C=O) groups is 1. The topological polar surface area (TPSA) is 40.5 Å². The van der Waals surface area contributed by atoms with Crippen LogP contribution in [-0.4, -0.2) is 28.6 Å². The van der Waals surface area contributed by atoms with Crippen molar-refractivity contribution in [2.75, 3.05) is 6.54 Å². The van der Waals surface area contributed by atoms with E-state index in [-0.39, 0.29) is 12.5 Å². The summed E-state index contributed by atoms with van der Waals surface area (Å²) >= 11 is 0. The molecule has 1 aliphatic rings. The number of hydrogen-bond donors (Lipinski definition) is 1. The van der Waals surface area contributed by atoms with Gasteiger partial charge in [0.15, 0.2) is 0 Å². The highest BCUT2D eigenvalue weighted by Crippen LogP contribution is 2.33. The van der Waals surface area contributed by atoms with Crippen molar-refractivity contribution in [3.63, 3.8) is 0 Å². The molecule has 2 rings (SSSR count). The van der Waals surface area contributed by atoms with Gasteiger partial charge >= 0.3 is 5.97 Å². The van der Waals surface area contributed by atoms with Gasteiger partial charge in [-0.1, -0.05) is 43.7 Å². The monoisotopic (exact) mass is 261 g/mol. The second kappa shape index (κ2) is 6.71. The highest BCUT2D eigenvalue weighted by atomic mass is 16.4. The van der Waals surface area contributed by atoms with Crippen LogP contribution >= 0.6 is 0 Å². The summed E-state index contributed by atoms with van der Waals surface area (Å²) in [5, 5.41) is 9.05. The Kier molecular flexibility index (Phi) is 4.97. The number of hydrogen-bond acceptors (Lipinski definition) is 2. The first-order chi connectivity index (χ1) is 9.22. The molecule has 104 valence electrons. The van der Waals surface area contributed by atoms with Gasteiger partial charge in [0.25, 0.3) is 0 Å². The number of aliphatic carboxylic acids is 1. The Bertz CT molecular complexity index is 404. The molecule has 3 heteroatoms. The van der Waals surface area contributed by atoms with Gasteiger partial charge in [0, 0.05) is 12.1 Å². The molecule has 1 heterocycles. The zero-order chi connectivity index (χ0) is 13.7. The van der Waals surface area contributed by atoms with Gasteiger partial charge in [0.2, 0.25) is 0 Å². The zero-order valence-corrected chi connectivity index (χ0v) is 11.6. The molecule has 1 fully saturated rings. The van der Waals surface area contributed by atoms with Gasteiger partial charge in [-0.25, -0.2) is 0 Å². The molecule has 3 nitrogen and oxygen atoms in total. The Morgan fingerprint density at radius 3 is 2.79 bits per heavy atom. The Balaban J connectivity index is 2.16. The molecular weight excluding hydrogens is 238 g/mol. The van der Waals surface area contributed by atoms with Crippen molar-refractivity contribution in [3.05, 3.63) is 35.9 Å². The standard InChI is InChI=1S/C16H23NO2/c1-2-7-15(13-8-4-3-5-9-13)17-11-6-10-14(17)12-16(18)19/h3-5,8-9,14-15H,2,6-7,10-12H2,1H3,(H,18,19). The molecule has 1 aliphatic heterocycles. The van der Waals surface area contributed by atoms with Gasteiger partial charge in [-0.15, -0.1) is 0 Å². The molecule has 2 atom stereocenters. The second-order valence-corrected chi connectivity index (χ2v) is 5.35. The van der Waals surface area contributed by atoms with E-state index < -0.39 is 5.97 Å². The first-order valence-electron chi connectivity index (χ1n) is 7.25. The summed E-state index contributed by atoms with van der Waals surface area (Å²) in [4.78, 5) is 13.4. The van der Waals surface area contributed by atoms with E-state index in [2.05, 4.69) is 36.1 Å². The minimum Gasteiger partial charge on any atom is -0.481 e. The van der Waals surface area contributed by atoms with Crippen LogP contribution in [0.15, 0.2) is 30.3 Å². The summed E-state index contributed by atoms with van der Waals surface area (Å²) < 4.78 is 0. The molecule has 0 amide bonds. The van der Waals surface area contributed by atoms with Crippen molar-refractivity contribution in [1.82, 2.24) is 4.90 Å². The van der Waals surface area contributed by atoms with E-state index in [9.17, 15) is 4.79 Å². The van der Waals surface area contributed by atoms with Crippen molar-refractivity contribution in [1.29, 1.82) is 0 Å². The first-order valence-corrected chi connectivity index (χ1v) is 7.25. The molecule has 0 bridgehead atoms. The molecule has 2 unspecified atom stereocenters. The lowest BCUT2D eigenvalue weighted by molar-refractivity contribution is -0.138. The Morgan fingerprint density at radius 2 is 2.16 bits per heavy atom. The van der Waals surface area contributed by atoms with Gasteiger partial charge in [-0.2, -0.15) is 0 Å². The number of nitrogens with zero attached hydrogens (tertiary/aromatic N) is 1. The average Bonchev–Trinajstić information content (AvgIpc) is 2.84. The van der Waals surface area contributed by atoms with E-state index >= 15 is 0 Å². The Hall–Kier alpha value is -1.35. The normalized spacial score (nSPS) is 21.4. The summed E-state index contributed by atoms with van der Waals surface area (Å²) in [6.07, 6.45) is 4.62. The van der Waals surface area contributed by atoms with E-state index in [1.54, 1.807) is 0 Å². The molecule has 1 aromatic carbocycles. The molecule has 1 saturated heterocycles. The summed E-state index contributed by atoms with van der Waals surface area (Å²) in [5.74, 6) is -0.680. The van der Waals surface area contributed by atoms with Crippen molar-refractivity contribution >= 4 is 5.97 Å². The Labute approximate surface area is 115 Å². The molecular formula is C16H23NO2. The Morgan fingerprint density at radius 1 is 1.42 bits per heavy atom. The van der Waals surface area contributed by atoms with Crippen LogP contribution in [0.4, 0.5) is 0 Å². The summed E-state index contributed by atoms with van der Waals surface area (Å²) in [5.41, 5.74) is 1.32. The first kappa shape index (κ1) is 14.1. The zero-order valence-electron chi connectivity index (χ0n) is 11.6. The highest BCUT2D eigenvalue weighted by Gasteiger charge is 2.32. The summed E-state index contributed by atoms with van der Waals surface area (Å²) in [6, 6.07) is 11.1. The smallest absolute Gasteiger partial charge is 0.304 e. The third-order valence-corrected chi connectivity index (χ3v) is 3.98. The predicted octanol–water partition coefficient (Wildman–Crippen LogP) is 3.47. The maximum absolute atomic E-state index is 11.0. The van der Waals surface area contributed by atoms with Crippen LogP contribution in [0.5, 0.6) is 0 Å². The lowest BCUT2D eigenvalue weighted by Crippen LogP contribution is -2.35. The summed E-state index contributed by atoms with van der Waals surface area (Å²) in [7, 11) is 0. The van der Waals surface area contributed by atoms with Gasteiger partial charge < -0.3 is 5.11 Å². The van der Waals surface area contributed by atoms with Crippen LogP contribution in [0.3, 0.4) is 0 Å². The SMILES string of the molecule is CCCC(c1ccccc1)N1CCCC1CC(=O)O. The summed E-state index contributed by atoms with van der Waals surface area (Å²) in [6.45, 7) is 3.22. The maximum atomic E-state index is 11.0. The maximum Gasteiger partial charge on any atom is 0.304 e. The lowest BCUT2D eigenvalue weighted by Gasteiger charge is -2.33. The third-order valence-electron chi connectivity index (χ3n) is 3.98. The van der Waals surface area contributed by atoms with E-state index in [1.165, 1.54) is 5.56 Å². The highest BCUT2D eigenvalue weighted by molar-refractivity contribution is 5.67. The van der Waals surface area contributed by atoms with Crippen LogP contribution in [0.25, 0.3) is 0 Å². The number of rotatable bonds is 6. The number of carboxylic acids is 1. The molecule has 0 aliphatic carbocycles. The lowest BCUT2D eigenvalue weighted by atomic mass is 9.99. The molecule has 0 radical (unpaired) electrons. The van der Waals surface area contributed by atoms with Gasteiger partial charge in [0.1, 0.15) is 0 Å². The fraction of sp³-hybridized carbons (Fsp3) is 0.562. The van der Waals surface area contributed by atoms with Crippen molar-refractivity contribution < 1.29 is 9.90 Å². The van der Waals surface area contributed by atoms with Crippen molar-refractivity contribution in [2.24, 2.45) is 0 Å². The predicted molar refractivity (Wildman–Crippen MR) is 76.1 cm³/mol. The van der Waals surface area contributed by atoms with Crippen LogP contribution in [0, 0.1) is 0 Å². The van der Waals surface area contributed by atoms with Gasteiger partial charge in [-0.3, -0.25) is 9.69 Å². The van der Waals surface area contributed by atoms with Crippen LogP contribution in [0.2, 0.25) is 0 Å². The average molecular weight is 261 g/mol. The molecule has 0 aromatic heterocycles. The minimum atomic E-state index is -0.680. The molecule has 1 N–H and O–H groups in total. The quantitative estimate of drug-likeness (QED) is 0.852. The van der Waals surface area contributed by atoms with E-state index in [0.717, 1.165) is 32.2 Å². The minimum absolute atomic E-state index is 0.203. The number of benzene rings is 1. The van der Waals surface area contributed by atoms with E-state index in [0.29, 0.717) is 6.04 Å². The molecule has 0 spiro atoms. The van der Waals surface area contributed by atoms with Crippen LogP contribution < -0.4 is 0 Å².